The Morgan fingerprint density at radius 2 is 2.17 bits per heavy atom. The van der Waals surface area contributed by atoms with Crippen molar-refractivity contribution >= 4 is 23.3 Å². The molecular weight excluding hydrogens is 320 g/mol. The molecule has 0 unspecified atom stereocenters. The Labute approximate surface area is 144 Å². The lowest BCUT2D eigenvalue weighted by molar-refractivity contribution is -0.116. The topological polar surface area (TPSA) is 59.8 Å². The zero-order valence-corrected chi connectivity index (χ0v) is 14.2. The van der Waals surface area contributed by atoms with Crippen LogP contribution in [0, 0.1) is 6.92 Å². The first-order valence-electron chi connectivity index (χ1n) is 7.68. The van der Waals surface area contributed by atoms with E-state index in [1.165, 1.54) is 6.08 Å². The molecule has 1 aromatic carbocycles. The molecule has 0 aliphatic rings. The number of thiazole rings is 1. The van der Waals surface area contributed by atoms with Crippen molar-refractivity contribution in [3.63, 3.8) is 0 Å². The maximum atomic E-state index is 11.8. The van der Waals surface area contributed by atoms with Crippen LogP contribution in [0.5, 0.6) is 0 Å². The average Bonchev–Trinajstić information content (AvgIpc) is 3.23. The van der Waals surface area contributed by atoms with Crippen LogP contribution in [-0.4, -0.2) is 27.2 Å². The van der Waals surface area contributed by atoms with E-state index in [4.69, 9.17) is 0 Å². The molecule has 0 saturated carbocycles. The van der Waals surface area contributed by atoms with E-state index >= 15 is 0 Å². The Morgan fingerprint density at radius 3 is 2.92 bits per heavy atom. The Hall–Kier alpha value is -2.73. The minimum absolute atomic E-state index is 0.115. The number of para-hydroxylation sites is 1. The molecule has 0 saturated heterocycles. The van der Waals surface area contributed by atoms with Gasteiger partial charge in [-0.1, -0.05) is 18.2 Å². The molecule has 0 aliphatic carbocycles. The molecule has 1 amide bonds. The minimum atomic E-state index is -0.115. The van der Waals surface area contributed by atoms with Gasteiger partial charge in [0.05, 0.1) is 22.6 Å². The lowest BCUT2D eigenvalue weighted by Gasteiger charge is -2.01. The summed E-state index contributed by atoms with van der Waals surface area (Å²) in [6, 6.07) is 9.94. The summed E-state index contributed by atoms with van der Waals surface area (Å²) in [5, 5.41) is 10.1. The predicted molar refractivity (Wildman–Crippen MR) is 96.2 cm³/mol. The molecule has 0 atom stereocenters. The van der Waals surface area contributed by atoms with Crippen molar-refractivity contribution in [2.75, 3.05) is 6.54 Å². The van der Waals surface area contributed by atoms with Crippen LogP contribution in [0.2, 0.25) is 0 Å². The van der Waals surface area contributed by atoms with Crippen molar-refractivity contribution in [3.05, 3.63) is 70.4 Å². The van der Waals surface area contributed by atoms with Crippen molar-refractivity contribution in [1.82, 2.24) is 20.1 Å². The third kappa shape index (κ3) is 4.39. The standard InChI is InChI=1S/C18H18N4OS/c1-14-21-16(13-24-14)7-8-18(23)19-10-9-15-11-20-22(12-15)17-5-3-2-4-6-17/h2-8,11-13H,9-10H2,1H3,(H,19,23)/b8-7+. The summed E-state index contributed by atoms with van der Waals surface area (Å²) in [7, 11) is 0. The fourth-order valence-corrected chi connectivity index (χ4v) is 2.80. The zero-order valence-electron chi connectivity index (χ0n) is 13.3. The molecule has 1 N–H and O–H groups in total. The van der Waals surface area contributed by atoms with E-state index in [1.807, 2.05) is 59.7 Å². The molecule has 3 aromatic rings. The maximum absolute atomic E-state index is 11.8. The Bertz CT molecular complexity index is 836. The van der Waals surface area contributed by atoms with E-state index in [1.54, 1.807) is 17.4 Å². The predicted octanol–water partition coefficient (Wildman–Crippen LogP) is 3.01. The number of hydrogen-bond acceptors (Lipinski definition) is 4. The number of carbonyl (C=O) groups excluding carboxylic acids is 1. The van der Waals surface area contributed by atoms with Gasteiger partial charge >= 0.3 is 0 Å². The highest BCUT2D eigenvalue weighted by atomic mass is 32.1. The van der Waals surface area contributed by atoms with Crippen molar-refractivity contribution in [2.45, 2.75) is 13.3 Å². The van der Waals surface area contributed by atoms with Crippen LogP contribution in [0.15, 0.2) is 54.2 Å². The molecule has 0 radical (unpaired) electrons. The van der Waals surface area contributed by atoms with Gasteiger partial charge in [0.25, 0.3) is 0 Å². The normalized spacial score (nSPS) is 11.0. The number of benzene rings is 1. The summed E-state index contributed by atoms with van der Waals surface area (Å²) in [6.45, 7) is 2.51. The van der Waals surface area contributed by atoms with E-state index < -0.39 is 0 Å². The Kier molecular flexibility index (Phi) is 5.18. The number of amides is 1. The zero-order chi connectivity index (χ0) is 16.8. The first kappa shape index (κ1) is 16.1. The SMILES string of the molecule is Cc1nc(/C=C/C(=O)NCCc2cnn(-c3ccccc3)c2)cs1. The third-order valence-electron chi connectivity index (χ3n) is 3.41. The first-order chi connectivity index (χ1) is 11.7. The number of carbonyl (C=O) groups is 1. The average molecular weight is 338 g/mol. The molecule has 0 fully saturated rings. The molecule has 122 valence electrons. The maximum Gasteiger partial charge on any atom is 0.244 e. The van der Waals surface area contributed by atoms with Gasteiger partial charge in [0.1, 0.15) is 0 Å². The van der Waals surface area contributed by atoms with Gasteiger partial charge in [-0.25, -0.2) is 9.67 Å². The highest BCUT2D eigenvalue weighted by Gasteiger charge is 2.02. The van der Waals surface area contributed by atoms with Gasteiger partial charge in [-0.2, -0.15) is 5.10 Å². The molecular formula is C18H18N4OS. The van der Waals surface area contributed by atoms with Crippen LogP contribution in [0.1, 0.15) is 16.3 Å². The molecule has 5 nitrogen and oxygen atoms in total. The van der Waals surface area contributed by atoms with Gasteiger partial charge in [0.15, 0.2) is 0 Å². The van der Waals surface area contributed by atoms with Crippen molar-refractivity contribution in [3.8, 4) is 5.69 Å². The van der Waals surface area contributed by atoms with Crippen LogP contribution in [0.3, 0.4) is 0 Å². The van der Waals surface area contributed by atoms with Gasteiger partial charge in [-0.05, 0) is 37.1 Å². The summed E-state index contributed by atoms with van der Waals surface area (Å²) in [5.74, 6) is -0.115. The van der Waals surface area contributed by atoms with Crippen LogP contribution in [0.4, 0.5) is 0 Å². The number of hydrogen-bond donors (Lipinski definition) is 1. The van der Waals surface area contributed by atoms with E-state index in [0.717, 1.165) is 28.4 Å². The van der Waals surface area contributed by atoms with Gasteiger partial charge in [-0.15, -0.1) is 11.3 Å². The van der Waals surface area contributed by atoms with Crippen molar-refractivity contribution in [1.29, 1.82) is 0 Å². The second-order valence-corrected chi connectivity index (χ2v) is 6.36. The molecule has 0 aliphatic heterocycles. The summed E-state index contributed by atoms with van der Waals surface area (Å²) in [5.41, 5.74) is 2.92. The fraction of sp³-hybridized carbons (Fsp3) is 0.167. The van der Waals surface area contributed by atoms with Crippen LogP contribution >= 0.6 is 11.3 Å². The van der Waals surface area contributed by atoms with Crippen LogP contribution in [-0.2, 0) is 11.2 Å². The van der Waals surface area contributed by atoms with Crippen molar-refractivity contribution in [2.24, 2.45) is 0 Å². The largest absolute Gasteiger partial charge is 0.352 e. The number of rotatable bonds is 6. The Balaban J connectivity index is 1.47. The summed E-state index contributed by atoms with van der Waals surface area (Å²) in [4.78, 5) is 16.1. The van der Waals surface area contributed by atoms with Crippen LogP contribution < -0.4 is 5.32 Å². The molecule has 0 spiro atoms. The number of aromatic nitrogens is 3. The van der Waals surface area contributed by atoms with Crippen LogP contribution in [0.25, 0.3) is 11.8 Å². The summed E-state index contributed by atoms with van der Waals surface area (Å²) >= 11 is 1.57. The number of aryl methyl sites for hydroxylation is 1. The molecule has 3 rings (SSSR count). The van der Waals surface area contributed by atoms with E-state index in [9.17, 15) is 4.79 Å². The number of nitrogens with zero attached hydrogens (tertiary/aromatic N) is 3. The summed E-state index contributed by atoms with van der Waals surface area (Å²) < 4.78 is 1.83. The lowest BCUT2D eigenvalue weighted by atomic mass is 10.2. The monoisotopic (exact) mass is 338 g/mol. The van der Waals surface area contributed by atoms with Gasteiger partial charge in [-0.3, -0.25) is 4.79 Å². The lowest BCUT2D eigenvalue weighted by Crippen LogP contribution is -2.23. The molecule has 0 bridgehead atoms. The molecule has 2 aromatic heterocycles. The third-order valence-corrected chi connectivity index (χ3v) is 4.20. The van der Waals surface area contributed by atoms with E-state index in [0.29, 0.717) is 6.54 Å². The van der Waals surface area contributed by atoms with E-state index in [2.05, 4.69) is 15.4 Å². The number of nitrogens with one attached hydrogen (secondary N) is 1. The molecule has 24 heavy (non-hydrogen) atoms. The highest BCUT2D eigenvalue weighted by molar-refractivity contribution is 7.09. The quantitative estimate of drug-likeness (QED) is 0.703. The summed E-state index contributed by atoms with van der Waals surface area (Å²) in [6.07, 6.45) is 7.79. The van der Waals surface area contributed by atoms with Gasteiger partial charge in [0.2, 0.25) is 5.91 Å². The molecule has 6 heteroatoms. The van der Waals surface area contributed by atoms with Gasteiger partial charge in [0, 0.05) is 24.2 Å². The second-order valence-electron chi connectivity index (χ2n) is 5.29. The van der Waals surface area contributed by atoms with Gasteiger partial charge < -0.3 is 5.32 Å². The smallest absolute Gasteiger partial charge is 0.244 e. The van der Waals surface area contributed by atoms with Crippen molar-refractivity contribution < 1.29 is 4.79 Å². The minimum Gasteiger partial charge on any atom is -0.352 e. The highest BCUT2D eigenvalue weighted by Crippen LogP contribution is 2.09. The van der Waals surface area contributed by atoms with E-state index in [-0.39, 0.29) is 5.91 Å². The fourth-order valence-electron chi connectivity index (χ4n) is 2.22. The molecule has 2 heterocycles. The Morgan fingerprint density at radius 1 is 1.33 bits per heavy atom. The first-order valence-corrected chi connectivity index (χ1v) is 8.56. The second kappa shape index (κ2) is 7.70.